The fourth-order valence-corrected chi connectivity index (χ4v) is 4.24. The van der Waals surface area contributed by atoms with E-state index in [1.165, 1.54) is 28.6 Å². The van der Waals surface area contributed by atoms with E-state index in [9.17, 15) is 23.3 Å². The lowest BCUT2D eigenvalue weighted by atomic mass is 10.1. The van der Waals surface area contributed by atoms with Gasteiger partial charge in [0.15, 0.2) is 0 Å². The normalized spacial score (nSPS) is 16.5. The first-order chi connectivity index (χ1) is 11.8. The van der Waals surface area contributed by atoms with Gasteiger partial charge in [0.2, 0.25) is 15.9 Å². The Labute approximate surface area is 147 Å². The Morgan fingerprint density at radius 3 is 2.40 bits per heavy atom. The number of nitro groups is 1. The molecule has 2 rings (SSSR count). The molecule has 1 N–H and O–H groups in total. The minimum atomic E-state index is -3.67. The smallest absolute Gasteiger partial charge is 0.269 e. The molecule has 1 heterocycles. The number of piperidine rings is 1. The summed E-state index contributed by atoms with van der Waals surface area (Å²) < 4.78 is 26.6. The second-order valence-corrected chi connectivity index (χ2v) is 8.04. The summed E-state index contributed by atoms with van der Waals surface area (Å²) in [6, 6.07) is 4.88. The quantitative estimate of drug-likeness (QED) is 0.584. The molecule has 8 nitrogen and oxygen atoms in total. The average molecular weight is 369 g/mol. The minimum Gasteiger partial charge on any atom is -0.353 e. The van der Waals surface area contributed by atoms with Gasteiger partial charge in [0, 0.05) is 37.7 Å². The van der Waals surface area contributed by atoms with Crippen molar-refractivity contribution in [3.05, 3.63) is 34.4 Å². The van der Waals surface area contributed by atoms with E-state index in [0.29, 0.717) is 32.4 Å². The lowest BCUT2D eigenvalue weighted by molar-refractivity contribution is -0.384. The van der Waals surface area contributed by atoms with Crippen LogP contribution in [0, 0.1) is 10.1 Å². The molecule has 0 unspecified atom stereocenters. The molecule has 0 saturated carbocycles. The number of rotatable bonds is 7. The fraction of sp³-hybridized carbons (Fsp3) is 0.562. The molecule has 0 spiro atoms. The van der Waals surface area contributed by atoms with Gasteiger partial charge >= 0.3 is 0 Å². The molecule has 1 saturated heterocycles. The molecule has 1 aliphatic heterocycles. The summed E-state index contributed by atoms with van der Waals surface area (Å²) in [5.74, 6) is 0.0125. The topological polar surface area (TPSA) is 110 Å². The Morgan fingerprint density at radius 1 is 1.28 bits per heavy atom. The van der Waals surface area contributed by atoms with Crippen molar-refractivity contribution < 1.29 is 18.1 Å². The minimum absolute atomic E-state index is 0.00679. The van der Waals surface area contributed by atoms with Gasteiger partial charge < -0.3 is 5.32 Å². The summed E-state index contributed by atoms with van der Waals surface area (Å²) in [5, 5.41) is 13.6. The van der Waals surface area contributed by atoms with Gasteiger partial charge in [-0.1, -0.05) is 13.3 Å². The van der Waals surface area contributed by atoms with Crippen LogP contribution in [0.25, 0.3) is 0 Å². The molecule has 1 aromatic rings. The van der Waals surface area contributed by atoms with Crippen molar-refractivity contribution in [3.8, 4) is 0 Å². The van der Waals surface area contributed by atoms with Crippen LogP contribution in [0.15, 0.2) is 29.2 Å². The third-order valence-electron chi connectivity index (χ3n) is 4.26. The number of sulfonamides is 1. The summed E-state index contributed by atoms with van der Waals surface area (Å²) in [6.45, 7) is 2.66. The molecule has 0 bridgehead atoms. The second kappa shape index (κ2) is 8.39. The third-order valence-corrected chi connectivity index (χ3v) is 6.17. The van der Waals surface area contributed by atoms with Crippen molar-refractivity contribution in [3.63, 3.8) is 0 Å². The molecular weight excluding hydrogens is 346 g/mol. The first-order valence-corrected chi connectivity index (χ1v) is 9.82. The number of hydrogen-bond acceptors (Lipinski definition) is 5. The Hall–Kier alpha value is -2.00. The summed E-state index contributed by atoms with van der Waals surface area (Å²) in [4.78, 5) is 21.9. The molecule has 25 heavy (non-hydrogen) atoms. The highest BCUT2D eigenvalue weighted by Gasteiger charge is 2.30. The second-order valence-electron chi connectivity index (χ2n) is 6.10. The van der Waals surface area contributed by atoms with Gasteiger partial charge in [-0.2, -0.15) is 4.31 Å². The highest BCUT2D eigenvalue weighted by molar-refractivity contribution is 7.89. The SMILES string of the molecule is CCCCC(=O)NC1CCN(S(=O)(=O)c2ccc([N+](=O)[O-])cc2)CC1. The van der Waals surface area contributed by atoms with Crippen LogP contribution in [-0.2, 0) is 14.8 Å². The van der Waals surface area contributed by atoms with Crippen LogP contribution in [0.5, 0.6) is 0 Å². The summed E-state index contributed by atoms with van der Waals surface area (Å²) in [7, 11) is -3.67. The van der Waals surface area contributed by atoms with E-state index in [2.05, 4.69) is 5.32 Å². The Morgan fingerprint density at radius 2 is 1.88 bits per heavy atom. The van der Waals surface area contributed by atoms with Crippen LogP contribution >= 0.6 is 0 Å². The zero-order valence-electron chi connectivity index (χ0n) is 14.2. The van der Waals surface area contributed by atoms with Gasteiger partial charge in [-0.25, -0.2) is 8.42 Å². The molecule has 1 aliphatic rings. The van der Waals surface area contributed by atoms with E-state index in [1.54, 1.807) is 0 Å². The highest BCUT2D eigenvalue weighted by atomic mass is 32.2. The van der Waals surface area contributed by atoms with E-state index in [4.69, 9.17) is 0 Å². The maximum Gasteiger partial charge on any atom is 0.269 e. The van der Waals surface area contributed by atoms with E-state index in [-0.39, 0.29) is 22.5 Å². The molecule has 1 fully saturated rings. The van der Waals surface area contributed by atoms with Crippen LogP contribution in [0.4, 0.5) is 5.69 Å². The van der Waals surface area contributed by atoms with Crippen LogP contribution in [0.2, 0.25) is 0 Å². The Balaban J connectivity index is 1.94. The van der Waals surface area contributed by atoms with Gasteiger partial charge in [0.25, 0.3) is 5.69 Å². The maximum atomic E-state index is 12.6. The van der Waals surface area contributed by atoms with E-state index < -0.39 is 14.9 Å². The van der Waals surface area contributed by atoms with Crippen LogP contribution in [0.3, 0.4) is 0 Å². The molecule has 0 aliphatic carbocycles. The number of unbranched alkanes of at least 4 members (excludes halogenated alkanes) is 1. The Kier molecular flexibility index (Phi) is 6.49. The van der Waals surface area contributed by atoms with Crippen molar-refractivity contribution >= 4 is 21.6 Å². The lowest BCUT2D eigenvalue weighted by Gasteiger charge is -2.31. The average Bonchev–Trinajstić information content (AvgIpc) is 2.60. The molecule has 138 valence electrons. The van der Waals surface area contributed by atoms with Gasteiger partial charge in [-0.15, -0.1) is 0 Å². The highest BCUT2D eigenvalue weighted by Crippen LogP contribution is 2.23. The number of nitro benzene ring substituents is 1. The molecular formula is C16H23N3O5S. The van der Waals surface area contributed by atoms with Gasteiger partial charge in [-0.05, 0) is 31.4 Å². The van der Waals surface area contributed by atoms with E-state index in [1.807, 2.05) is 6.92 Å². The van der Waals surface area contributed by atoms with Gasteiger partial charge in [0.1, 0.15) is 0 Å². The Bertz CT molecular complexity index is 710. The summed E-state index contributed by atoms with van der Waals surface area (Å²) in [6.07, 6.45) is 3.42. The first-order valence-electron chi connectivity index (χ1n) is 8.38. The van der Waals surface area contributed by atoms with Gasteiger partial charge in [-0.3, -0.25) is 14.9 Å². The molecule has 1 amide bonds. The number of carbonyl (C=O) groups is 1. The molecule has 0 radical (unpaired) electrons. The monoisotopic (exact) mass is 369 g/mol. The maximum absolute atomic E-state index is 12.6. The van der Waals surface area contributed by atoms with Crippen molar-refractivity contribution in [1.29, 1.82) is 0 Å². The lowest BCUT2D eigenvalue weighted by Crippen LogP contribution is -2.46. The molecule has 1 aromatic carbocycles. The predicted octanol–water partition coefficient (Wildman–Crippen LogP) is 2.05. The predicted molar refractivity (Wildman–Crippen MR) is 92.5 cm³/mol. The summed E-state index contributed by atoms with van der Waals surface area (Å²) >= 11 is 0. The standard InChI is InChI=1S/C16H23N3O5S/c1-2-3-4-16(20)17-13-9-11-18(12-10-13)25(23,24)15-7-5-14(6-8-15)19(21)22/h5-8,13H,2-4,9-12H2,1H3,(H,17,20). The van der Waals surface area contributed by atoms with Crippen LogP contribution in [0.1, 0.15) is 39.0 Å². The largest absolute Gasteiger partial charge is 0.353 e. The number of non-ortho nitro benzene ring substituents is 1. The zero-order chi connectivity index (χ0) is 18.4. The zero-order valence-corrected chi connectivity index (χ0v) is 15.0. The number of hydrogen-bond donors (Lipinski definition) is 1. The van der Waals surface area contributed by atoms with E-state index in [0.717, 1.165) is 12.8 Å². The molecule has 0 atom stereocenters. The number of benzene rings is 1. The third kappa shape index (κ3) is 4.99. The van der Waals surface area contributed by atoms with Gasteiger partial charge in [0.05, 0.1) is 9.82 Å². The number of nitrogens with one attached hydrogen (secondary N) is 1. The van der Waals surface area contributed by atoms with Crippen molar-refractivity contribution in [2.24, 2.45) is 0 Å². The number of carbonyl (C=O) groups excluding carboxylic acids is 1. The fourth-order valence-electron chi connectivity index (χ4n) is 2.77. The number of nitrogens with zero attached hydrogens (tertiary/aromatic N) is 2. The molecule has 0 aromatic heterocycles. The molecule has 9 heteroatoms. The van der Waals surface area contributed by atoms with Crippen molar-refractivity contribution in [2.45, 2.75) is 50.0 Å². The van der Waals surface area contributed by atoms with Crippen molar-refractivity contribution in [1.82, 2.24) is 9.62 Å². The van der Waals surface area contributed by atoms with Crippen LogP contribution in [-0.4, -0.2) is 42.7 Å². The van der Waals surface area contributed by atoms with Crippen LogP contribution < -0.4 is 5.32 Å². The number of amides is 1. The van der Waals surface area contributed by atoms with E-state index >= 15 is 0 Å². The first kappa shape index (κ1) is 19.3. The van der Waals surface area contributed by atoms with Crippen molar-refractivity contribution in [2.75, 3.05) is 13.1 Å². The summed E-state index contributed by atoms with van der Waals surface area (Å²) in [5.41, 5.74) is -0.146.